The van der Waals surface area contributed by atoms with Gasteiger partial charge >= 0.3 is 16.8 Å². The van der Waals surface area contributed by atoms with E-state index in [0.29, 0.717) is 0 Å². The van der Waals surface area contributed by atoms with Crippen LogP contribution in [0.15, 0.2) is 48.8 Å². The van der Waals surface area contributed by atoms with Crippen molar-refractivity contribution in [2.24, 2.45) is 0 Å². The maximum Gasteiger partial charge on any atom is 2.00 e. The van der Waals surface area contributed by atoms with Crippen molar-refractivity contribution in [1.29, 1.82) is 0 Å². The molecule has 5 nitrogen and oxygen atoms in total. The summed E-state index contributed by atoms with van der Waals surface area (Å²) in [4.78, 5) is 8.57. The Kier molecular flexibility index (Phi) is 12.1. The van der Waals surface area contributed by atoms with Gasteiger partial charge in [-0.1, -0.05) is 12.1 Å². The van der Waals surface area contributed by atoms with Crippen molar-refractivity contribution < 1.29 is 16.8 Å². The fraction of sp³-hybridized carbons (Fsp3) is 0.444. The monoisotopic (exact) mass is 372 g/mol. The summed E-state index contributed by atoms with van der Waals surface area (Å²) in [5.74, 6) is 0. The quantitative estimate of drug-likeness (QED) is 0.496. The second kappa shape index (κ2) is 14.1. The van der Waals surface area contributed by atoms with Crippen molar-refractivity contribution in [2.45, 2.75) is 25.9 Å². The number of rotatable bonds is 12. The molecule has 2 heterocycles. The first-order chi connectivity index (χ1) is 11.4. The van der Waals surface area contributed by atoms with E-state index in [4.69, 9.17) is 0 Å². The molecule has 24 heavy (non-hydrogen) atoms. The van der Waals surface area contributed by atoms with Crippen LogP contribution in [-0.4, -0.2) is 36.1 Å². The van der Waals surface area contributed by atoms with Gasteiger partial charge in [0.15, 0.2) is 0 Å². The predicted octanol–water partition coefficient (Wildman–Crippen LogP) is 1.72. The summed E-state index contributed by atoms with van der Waals surface area (Å²) in [6.07, 6.45) is 5.93. The Bertz CT molecular complexity index is 462. The molecule has 0 atom stereocenters. The first-order valence-electron chi connectivity index (χ1n) is 8.37. The molecule has 0 spiro atoms. The summed E-state index contributed by atoms with van der Waals surface area (Å²) in [5, 5.41) is 10.3. The van der Waals surface area contributed by atoms with Gasteiger partial charge in [0.1, 0.15) is 0 Å². The van der Waals surface area contributed by atoms with Gasteiger partial charge in [-0.05, 0) is 63.3 Å². The SMILES string of the molecule is [Co+2].c1ccc(CNCCCNCCCNCc2ccccn2)nc1. The standard InChI is InChI=1S/C18H27N5.Co/c1-3-13-22-17(7-1)15-20-11-5-9-19-10-6-12-21-16-18-8-2-4-14-23-18;/h1-4,7-8,13-14,19-21H,5-6,9-12,15-16H2;/q;+2. The third kappa shape index (κ3) is 9.74. The van der Waals surface area contributed by atoms with Gasteiger partial charge in [-0.25, -0.2) is 0 Å². The molecule has 0 saturated heterocycles. The van der Waals surface area contributed by atoms with Crippen LogP contribution in [0.5, 0.6) is 0 Å². The van der Waals surface area contributed by atoms with Gasteiger partial charge in [0, 0.05) is 25.5 Å². The van der Waals surface area contributed by atoms with E-state index >= 15 is 0 Å². The molecule has 0 aliphatic carbocycles. The maximum absolute atomic E-state index is 4.29. The minimum absolute atomic E-state index is 0. The Balaban J connectivity index is 0.00000288. The number of aromatic nitrogens is 2. The van der Waals surface area contributed by atoms with Crippen LogP contribution in [-0.2, 0) is 29.9 Å². The largest absolute Gasteiger partial charge is 2.00 e. The van der Waals surface area contributed by atoms with Crippen LogP contribution >= 0.6 is 0 Å². The third-order valence-corrected chi connectivity index (χ3v) is 3.48. The Morgan fingerprint density at radius 1 is 0.625 bits per heavy atom. The predicted molar refractivity (Wildman–Crippen MR) is 94.0 cm³/mol. The van der Waals surface area contributed by atoms with Gasteiger partial charge in [-0.15, -0.1) is 0 Å². The molecule has 0 saturated carbocycles. The molecule has 0 unspecified atom stereocenters. The van der Waals surface area contributed by atoms with Gasteiger partial charge in [0.25, 0.3) is 0 Å². The zero-order valence-electron chi connectivity index (χ0n) is 14.0. The van der Waals surface area contributed by atoms with Crippen LogP contribution in [0.3, 0.4) is 0 Å². The van der Waals surface area contributed by atoms with Crippen LogP contribution in [0.1, 0.15) is 24.2 Å². The average molecular weight is 372 g/mol. The number of nitrogens with zero attached hydrogens (tertiary/aromatic N) is 2. The molecular formula is C18H27CoN5+2. The van der Waals surface area contributed by atoms with E-state index in [-0.39, 0.29) is 16.8 Å². The van der Waals surface area contributed by atoms with E-state index in [1.807, 2.05) is 48.8 Å². The molecule has 0 amide bonds. The molecular weight excluding hydrogens is 345 g/mol. The van der Waals surface area contributed by atoms with Crippen LogP contribution in [0.25, 0.3) is 0 Å². The van der Waals surface area contributed by atoms with E-state index in [2.05, 4.69) is 25.9 Å². The summed E-state index contributed by atoms with van der Waals surface area (Å²) >= 11 is 0. The molecule has 0 bridgehead atoms. The molecule has 2 aromatic heterocycles. The first kappa shape index (κ1) is 20.7. The van der Waals surface area contributed by atoms with Crippen molar-refractivity contribution in [3.05, 3.63) is 60.2 Å². The minimum atomic E-state index is 0. The van der Waals surface area contributed by atoms with Gasteiger partial charge in [0.2, 0.25) is 0 Å². The first-order valence-corrected chi connectivity index (χ1v) is 8.37. The number of nitrogens with one attached hydrogen (secondary N) is 3. The second-order valence-electron chi connectivity index (χ2n) is 5.45. The Morgan fingerprint density at radius 2 is 1.08 bits per heavy atom. The van der Waals surface area contributed by atoms with Crippen molar-refractivity contribution >= 4 is 0 Å². The molecule has 131 valence electrons. The molecule has 0 aliphatic rings. The fourth-order valence-electron chi connectivity index (χ4n) is 2.24. The van der Waals surface area contributed by atoms with Crippen molar-refractivity contribution in [3.8, 4) is 0 Å². The smallest absolute Gasteiger partial charge is 0.317 e. The summed E-state index contributed by atoms with van der Waals surface area (Å²) in [6.45, 7) is 5.82. The molecule has 3 N–H and O–H groups in total. The second-order valence-corrected chi connectivity index (χ2v) is 5.45. The molecule has 6 heteroatoms. The van der Waals surface area contributed by atoms with E-state index in [9.17, 15) is 0 Å². The Hall–Kier alpha value is -1.31. The molecule has 2 aromatic rings. The Morgan fingerprint density at radius 3 is 1.50 bits per heavy atom. The van der Waals surface area contributed by atoms with Crippen LogP contribution < -0.4 is 16.0 Å². The summed E-state index contributed by atoms with van der Waals surface area (Å²) in [6, 6.07) is 12.0. The fourth-order valence-corrected chi connectivity index (χ4v) is 2.24. The van der Waals surface area contributed by atoms with Crippen molar-refractivity contribution in [1.82, 2.24) is 25.9 Å². The van der Waals surface area contributed by atoms with E-state index in [1.54, 1.807) is 0 Å². The van der Waals surface area contributed by atoms with E-state index in [1.165, 1.54) is 0 Å². The summed E-state index contributed by atoms with van der Waals surface area (Å²) in [7, 11) is 0. The van der Waals surface area contributed by atoms with Gasteiger partial charge < -0.3 is 16.0 Å². The topological polar surface area (TPSA) is 61.9 Å². The molecule has 0 aromatic carbocycles. The normalized spacial score (nSPS) is 10.3. The van der Waals surface area contributed by atoms with Gasteiger partial charge in [0.05, 0.1) is 11.4 Å². The van der Waals surface area contributed by atoms with E-state index < -0.39 is 0 Å². The van der Waals surface area contributed by atoms with Crippen LogP contribution in [0, 0.1) is 0 Å². The number of hydrogen-bond acceptors (Lipinski definition) is 5. The van der Waals surface area contributed by atoms with Crippen LogP contribution in [0.4, 0.5) is 0 Å². The maximum atomic E-state index is 4.29. The zero-order chi connectivity index (χ0) is 16.0. The zero-order valence-corrected chi connectivity index (χ0v) is 15.0. The van der Waals surface area contributed by atoms with E-state index in [0.717, 1.165) is 63.5 Å². The van der Waals surface area contributed by atoms with Gasteiger partial charge in [-0.3, -0.25) is 9.97 Å². The van der Waals surface area contributed by atoms with Crippen molar-refractivity contribution in [2.75, 3.05) is 26.2 Å². The summed E-state index contributed by atoms with van der Waals surface area (Å²) in [5.41, 5.74) is 2.19. The Labute approximate surface area is 155 Å². The third-order valence-electron chi connectivity index (χ3n) is 3.48. The summed E-state index contributed by atoms with van der Waals surface area (Å²) < 4.78 is 0. The van der Waals surface area contributed by atoms with Crippen LogP contribution in [0.2, 0.25) is 0 Å². The average Bonchev–Trinajstić information content (AvgIpc) is 2.61. The molecule has 1 radical (unpaired) electrons. The molecule has 0 aliphatic heterocycles. The molecule has 2 rings (SSSR count). The minimum Gasteiger partial charge on any atom is -0.317 e. The number of pyridine rings is 2. The van der Waals surface area contributed by atoms with Gasteiger partial charge in [-0.2, -0.15) is 0 Å². The number of hydrogen-bond donors (Lipinski definition) is 3. The van der Waals surface area contributed by atoms with Crippen molar-refractivity contribution in [3.63, 3.8) is 0 Å². The molecule has 0 fully saturated rings.